The number of ether oxygens (including phenoxy) is 1. The number of imidazole rings is 1. The van der Waals surface area contributed by atoms with E-state index in [2.05, 4.69) is 19.9 Å². The van der Waals surface area contributed by atoms with Crippen molar-refractivity contribution in [2.45, 2.75) is 13.2 Å². The van der Waals surface area contributed by atoms with E-state index in [9.17, 15) is 4.79 Å². The van der Waals surface area contributed by atoms with Crippen LogP contribution in [0.15, 0.2) is 54.0 Å². The highest BCUT2D eigenvalue weighted by Crippen LogP contribution is 2.31. The second-order valence-electron chi connectivity index (χ2n) is 5.33. The molecule has 1 unspecified atom stereocenters. The molecule has 1 aliphatic heterocycles. The molecule has 0 saturated carbocycles. The van der Waals surface area contributed by atoms with Crippen LogP contribution in [-0.2, 0) is 9.53 Å². The van der Waals surface area contributed by atoms with Gasteiger partial charge in [0.2, 0.25) is 0 Å². The summed E-state index contributed by atoms with van der Waals surface area (Å²) in [6.07, 6.45) is 5.75. The Kier molecular flexibility index (Phi) is 3.77. The molecule has 3 aromatic rings. The van der Waals surface area contributed by atoms with E-state index < -0.39 is 12.2 Å². The van der Waals surface area contributed by atoms with Crippen molar-refractivity contribution < 1.29 is 9.53 Å². The van der Waals surface area contributed by atoms with E-state index in [0.29, 0.717) is 22.4 Å². The van der Waals surface area contributed by atoms with Crippen molar-refractivity contribution >= 4 is 23.3 Å². The number of rotatable bonds is 2. The van der Waals surface area contributed by atoms with Gasteiger partial charge in [-0.15, -0.1) is 0 Å². The number of hydrogen-bond donors (Lipinski definition) is 0. The second kappa shape index (κ2) is 6.10. The number of benzene rings is 1. The van der Waals surface area contributed by atoms with E-state index in [4.69, 9.17) is 16.3 Å². The Morgan fingerprint density at radius 3 is 2.76 bits per heavy atom. The van der Waals surface area contributed by atoms with Gasteiger partial charge < -0.3 is 4.74 Å². The number of esters is 1. The Hall–Kier alpha value is -3.06. The first-order valence-corrected chi connectivity index (χ1v) is 7.87. The minimum atomic E-state index is -0.905. The van der Waals surface area contributed by atoms with Gasteiger partial charge in [0.25, 0.3) is 6.23 Å². The molecule has 124 valence electrons. The number of halogens is 1. The summed E-state index contributed by atoms with van der Waals surface area (Å²) in [5.41, 5.74) is 2.01. The molecule has 7 nitrogen and oxygen atoms in total. The summed E-state index contributed by atoms with van der Waals surface area (Å²) >= 11 is 6.20. The number of carbonyl (C=O) groups is 1. The summed E-state index contributed by atoms with van der Waals surface area (Å²) in [4.78, 5) is 29.0. The quantitative estimate of drug-likeness (QED) is 0.661. The molecule has 0 aliphatic carbocycles. The Morgan fingerprint density at radius 2 is 2.00 bits per heavy atom. The van der Waals surface area contributed by atoms with Crippen LogP contribution in [0.5, 0.6) is 0 Å². The summed E-state index contributed by atoms with van der Waals surface area (Å²) in [6, 6.07) is 7.14. The van der Waals surface area contributed by atoms with Gasteiger partial charge in [0.05, 0.1) is 5.69 Å². The van der Waals surface area contributed by atoms with Gasteiger partial charge in [0.15, 0.2) is 11.6 Å². The fourth-order valence-electron chi connectivity index (χ4n) is 2.69. The molecule has 2 aromatic heterocycles. The maximum atomic E-state index is 11.5. The Balaban J connectivity index is 2.00. The molecular weight excluding hydrogens is 342 g/mol. The number of carbonyl (C=O) groups excluding carboxylic acids is 1. The van der Waals surface area contributed by atoms with Gasteiger partial charge in [-0.2, -0.15) is 0 Å². The maximum Gasteiger partial charge on any atom is 0.304 e. The lowest BCUT2D eigenvalue weighted by Gasteiger charge is -2.12. The second-order valence-corrected chi connectivity index (χ2v) is 5.77. The first-order valence-electron chi connectivity index (χ1n) is 7.49. The molecule has 1 aliphatic rings. The lowest BCUT2D eigenvalue weighted by Crippen LogP contribution is -2.13. The average Bonchev–Trinajstić information content (AvgIpc) is 3.04. The van der Waals surface area contributed by atoms with E-state index in [1.54, 1.807) is 43.0 Å². The fraction of sp³-hybridized carbons (Fsp3) is 0.118. The topological polar surface area (TPSA) is 82.3 Å². The summed E-state index contributed by atoms with van der Waals surface area (Å²) in [7, 11) is 0. The van der Waals surface area contributed by atoms with Crippen LogP contribution < -0.4 is 0 Å². The van der Waals surface area contributed by atoms with Crippen LogP contribution >= 0.6 is 11.6 Å². The van der Waals surface area contributed by atoms with Gasteiger partial charge in [-0.1, -0.05) is 11.6 Å². The first kappa shape index (κ1) is 15.5. The molecule has 0 N–H and O–H groups in total. The zero-order valence-electron chi connectivity index (χ0n) is 13.1. The largest absolute Gasteiger partial charge is 0.432 e. The van der Waals surface area contributed by atoms with Crippen LogP contribution in [0.4, 0.5) is 0 Å². The van der Waals surface area contributed by atoms with Crippen molar-refractivity contribution in [3.8, 4) is 5.69 Å². The van der Waals surface area contributed by atoms with Crippen LogP contribution in [0.25, 0.3) is 5.69 Å². The summed E-state index contributed by atoms with van der Waals surface area (Å²) < 4.78 is 7.19. The highest BCUT2D eigenvalue weighted by Gasteiger charge is 2.28. The van der Waals surface area contributed by atoms with Gasteiger partial charge in [0, 0.05) is 42.3 Å². The highest BCUT2D eigenvalue weighted by atomic mass is 35.5. The van der Waals surface area contributed by atoms with Crippen LogP contribution in [-0.4, -0.2) is 31.2 Å². The third kappa shape index (κ3) is 2.78. The molecule has 3 heterocycles. The molecule has 1 atom stereocenters. The van der Waals surface area contributed by atoms with E-state index in [0.717, 1.165) is 11.3 Å². The minimum absolute atomic E-state index is 0.411. The fourth-order valence-corrected chi connectivity index (χ4v) is 2.86. The number of hydrogen-bond acceptors (Lipinski definition) is 6. The number of nitrogens with zero attached hydrogens (tertiary/aromatic N) is 5. The molecule has 0 amide bonds. The summed E-state index contributed by atoms with van der Waals surface area (Å²) in [6.45, 7) is 1.33. The summed E-state index contributed by atoms with van der Waals surface area (Å²) in [5, 5.41) is 0.551. The average molecular weight is 354 g/mol. The van der Waals surface area contributed by atoms with Gasteiger partial charge in [-0.3, -0.25) is 9.36 Å². The lowest BCUT2D eigenvalue weighted by molar-refractivity contribution is -0.146. The Bertz CT molecular complexity index is 984. The number of aromatic nitrogens is 4. The van der Waals surface area contributed by atoms with E-state index in [1.807, 2.05) is 10.6 Å². The molecule has 8 heteroatoms. The zero-order chi connectivity index (χ0) is 17.4. The van der Waals surface area contributed by atoms with Crippen LogP contribution in [0.1, 0.15) is 30.4 Å². The molecule has 4 rings (SSSR count). The van der Waals surface area contributed by atoms with E-state index in [-0.39, 0.29) is 0 Å². The monoisotopic (exact) mass is 353 g/mol. The van der Waals surface area contributed by atoms with Crippen molar-refractivity contribution in [2.24, 2.45) is 4.99 Å². The molecule has 0 bridgehead atoms. The van der Waals surface area contributed by atoms with Crippen molar-refractivity contribution in [2.75, 3.05) is 0 Å². The predicted octanol–water partition coefficient (Wildman–Crippen LogP) is 2.73. The molecular formula is C17H12ClN5O2. The van der Waals surface area contributed by atoms with E-state index in [1.165, 1.54) is 6.92 Å². The van der Waals surface area contributed by atoms with Crippen LogP contribution in [0.2, 0.25) is 5.02 Å². The predicted molar refractivity (Wildman–Crippen MR) is 90.8 cm³/mol. The standard InChI is InChI=1S/C17H12ClN5O2/c1-10(24)25-17-16-21-7-8-23(16)13-4-3-11(18)9-12(13)14(22-17)15-19-5-2-6-20-15/h2-9,17H,1H3. The maximum absolute atomic E-state index is 11.5. The highest BCUT2D eigenvalue weighted by molar-refractivity contribution is 6.31. The van der Waals surface area contributed by atoms with Crippen LogP contribution in [0, 0.1) is 0 Å². The van der Waals surface area contributed by atoms with Crippen molar-refractivity contribution in [3.63, 3.8) is 0 Å². The molecule has 25 heavy (non-hydrogen) atoms. The zero-order valence-corrected chi connectivity index (χ0v) is 13.9. The third-order valence-corrected chi connectivity index (χ3v) is 3.90. The molecule has 0 radical (unpaired) electrons. The molecule has 0 spiro atoms. The normalized spacial score (nSPS) is 15.6. The van der Waals surface area contributed by atoms with Crippen LogP contribution in [0.3, 0.4) is 0 Å². The van der Waals surface area contributed by atoms with Crippen molar-refractivity contribution in [1.29, 1.82) is 0 Å². The number of aliphatic imine (C=N–C) groups is 1. The summed E-state index contributed by atoms with van der Waals surface area (Å²) in [5.74, 6) is 0.444. The molecule has 1 aromatic carbocycles. The third-order valence-electron chi connectivity index (χ3n) is 3.67. The molecule has 0 saturated heterocycles. The Labute approximate surface area is 148 Å². The Morgan fingerprint density at radius 1 is 1.20 bits per heavy atom. The minimum Gasteiger partial charge on any atom is -0.432 e. The van der Waals surface area contributed by atoms with E-state index >= 15 is 0 Å². The number of fused-ring (bicyclic) bond motifs is 3. The van der Waals surface area contributed by atoms with Gasteiger partial charge in [-0.25, -0.2) is 19.9 Å². The van der Waals surface area contributed by atoms with Crippen molar-refractivity contribution in [3.05, 3.63) is 71.3 Å². The van der Waals surface area contributed by atoms with Gasteiger partial charge in [-0.05, 0) is 24.3 Å². The smallest absolute Gasteiger partial charge is 0.304 e. The van der Waals surface area contributed by atoms with Gasteiger partial charge >= 0.3 is 5.97 Å². The SMILES string of the molecule is CC(=O)OC1N=C(c2ncccn2)c2cc(Cl)ccc2-n2ccnc21. The first-order chi connectivity index (χ1) is 12.1. The van der Waals surface area contributed by atoms with Crippen molar-refractivity contribution in [1.82, 2.24) is 19.5 Å². The van der Waals surface area contributed by atoms with Gasteiger partial charge in [0.1, 0.15) is 5.71 Å². The molecule has 0 fully saturated rings. The lowest BCUT2D eigenvalue weighted by atomic mass is 10.1.